The number of hydrogen-bond acceptors (Lipinski definition) is 7. The summed E-state index contributed by atoms with van der Waals surface area (Å²) in [5.41, 5.74) is 0.683. The molecule has 0 amide bonds. The molecule has 0 atom stereocenters. The molecule has 0 aliphatic heterocycles. The average molecular weight is 262 g/mol. The Morgan fingerprint density at radius 2 is 2.20 bits per heavy atom. The van der Waals surface area contributed by atoms with Crippen molar-refractivity contribution >= 4 is 45.9 Å². The van der Waals surface area contributed by atoms with Crippen molar-refractivity contribution in [1.82, 2.24) is 4.98 Å². The van der Waals surface area contributed by atoms with Gasteiger partial charge >= 0.3 is 0 Å². The Bertz CT molecular complexity index is 389. The molecule has 1 aromatic rings. The maximum Gasteiger partial charge on any atom is 0.186 e. The van der Waals surface area contributed by atoms with E-state index < -0.39 is 0 Å². The smallest absolute Gasteiger partial charge is 0.186 e. The van der Waals surface area contributed by atoms with Crippen LogP contribution >= 0.6 is 35.0 Å². The molecule has 0 aromatic carbocycles. The predicted octanol–water partition coefficient (Wildman–Crippen LogP) is 1.88. The molecule has 0 aliphatic rings. The number of carbonyl (C=O) groups excluding carboxylic acids is 2. The summed E-state index contributed by atoms with van der Waals surface area (Å²) >= 11 is 3.31. The van der Waals surface area contributed by atoms with Gasteiger partial charge in [0.25, 0.3) is 0 Å². The summed E-state index contributed by atoms with van der Waals surface area (Å²) in [6, 6.07) is 0. The van der Waals surface area contributed by atoms with Crippen LogP contribution in [0.4, 0.5) is 0 Å². The number of nitrogens with zero attached hydrogens (tertiary/aromatic N) is 1. The Labute approximate surface area is 100 Å². The second-order valence-electron chi connectivity index (χ2n) is 2.72. The second kappa shape index (κ2) is 5.64. The molecule has 0 bridgehead atoms. The van der Waals surface area contributed by atoms with Crippen molar-refractivity contribution in [2.75, 3.05) is 5.75 Å². The van der Waals surface area contributed by atoms with Crippen molar-refractivity contribution in [2.45, 2.75) is 18.2 Å². The fourth-order valence-electron chi connectivity index (χ4n) is 0.914. The lowest BCUT2D eigenvalue weighted by molar-refractivity contribution is -0.109. The van der Waals surface area contributed by atoms with Crippen LogP contribution in [0.2, 0.25) is 0 Å². The monoisotopic (exact) mass is 262 g/mol. The molecule has 4 nitrogen and oxygen atoms in total. The van der Waals surface area contributed by atoms with Gasteiger partial charge in [-0.1, -0.05) is 11.8 Å². The van der Waals surface area contributed by atoms with Crippen LogP contribution in [0.1, 0.15) is 22.3 Å². The van der Waals surface area contributed by atoms with E-state index >= 15 is 0 Å². The zero-order chi connectivity index (χ0) is 11.4. The zero-order valence-corrected chi connectivity index (χ0v) is 10.7. The fraction of sp³-hybridized carbons (Fsp3) is 0.375. The molecular formula is C8H10N2O2S3. The van der Waals surface area contributed by atoms with Crippen LogP contribution in [-0.4, -0.2) is 21.6 Å². The van der Waals surface area contributed by atoms with Gasteiger partial charge in [0.1, 0.15) is 0 Å². The molecule has 1 rings (SSSR count). The quantitative estimate of drug-likeness (QED) is 0.659. The van der Waals surface area contributed by atoms with Crippen LogP contribution in [0.25, 0.3) is 0 Å². The van der Waals surface area contributed by atoms with Crippen LogP contribution in [0, 0.1) is 6.92 Å². The molecule has 1 aromatic heterocycles. The van der Waals surface area contributed by atoms with Crippen LogP contribution in [0.5, 0.6) is 0 Å². The number of Topliss-reactive ketones (excluding diaryl/α,β-unsaturated/α-hetero) is 1. The number of thioether (sulfide) groups is 1. The number of aromatic nitrogens is 1. The first-order valence-corrected chi connectivity index (χ1v) is 6.73. The van der Waals surface area contributed by atoms with E-state index in [1.807, 2.05) is 0 Å². The van der Waals surface area contributed by atoms with Gasteiger partial charge in [-0.2, -0.15) is 0 Å². The van der Waals surface area contributed by atoms with E-state index in [9.17, 15) is 9.59 Å². The first-order chi connectivity index (χ1) is 7.04. The lowest BCUT2D eigenvalue weighted by Crippen LogP contribution is -2.03. The Balaban J connectivity index is 2.72. The molecule has 0 saturated heterocycles. The largest absolute Gasteiger partial charge is 0.292 e. The molecular weight excluding hydrogens is 252 g/mol. The van der Waals surface area contributed by atoms with Gasteiger partial charge in [-0.15, -0.1) is 11.3 Å². The highest BCUT2D eigenvalue weighted by Gasteiger charge is 2.15. The maximum atomic E-state index is 11.6. The fourth-order valence-corrected chi connectivity index (χ4v) is 2.85. The molecule has 0 fully saturated rings. The van der Waals surface area contributed by atoms with Gasteiger partial charge in [0.05, 0.1) is 16.3 Å². The normalized spacial score (nSPS) is 10.3. The Morgan fingerprint density at radius 3 is 2.67 bits per heavy atom. The Morgan fingerprint density at radius 1 is 1.53 bits per heavy atom. The Hall–Kier alpha value is -0.370. The lowest BCUT2D eigenvalue weighted by Gasteiger charge is -1.95. The molecule has 1 heterocycles. The van der Waals surface area contributed by atoms with Crippen molar-refractivity contribution in [3.05, 3.63) is 10.6 Å². The number of nitrogens with two attached hydrogens (primary N) is 1. The highest BCUT2D eigenvalue weighted by molar-refractivity contribution is 8.14. The minimum atomic E-state index is -0.0644. The molecule has 0 aliphatic carbocycles. The summed E-state index contributed by atoms with van der Waals surface area (Å²) < 4.78 is 0.670. The summed E-state index contributed by atoms with van der Waals surface area (Å²) in [6.45, 7) is 3.21. The highest BCUT2D eigenvalue weighted by Crippen LogP contribution is 2.25. The van der Waals surface area contributed by atoms with E-state index in [0.717, 1.165) is 23.7 Å². The molecule has 7 heteroatoms. The van der Waals surface area contributed by atoms with Gasteiger partial charge in [-0.05, 0) is 18.9 Å². The van der Waals surface area contributed by atoms with Crippen LogP contribution < -0.4 is 5.14 Å². The van der Waals surface area contributed by atoms with Crippen molar-refractivity contribution in [3.8, 4) is 0 Å². The molecule has 82 valence electrons. The van der Waals surface area contributed by atoms with E-state index in [-0.39, 0.29) is 16.7 Å². The van der Waals surface area contributed by atoms with Crippen molar-refractivity contribution in [1.29, 1.82) is 0 Å². The van der Waals surface area contributed by atoms with E-state index in [4.69, 9.17) is 5.14 Å². The topological polar surface area (TPSA) is 73.0 Å². The SMILES string of the molecule is CC(=O)SCC(=O)c1sc(SN)nc1C. The second-order valence-corrected chi connectivity index (χ2v) is 5.75. The van der Waals surface area contributed by atoms with Gasteiger partial charge < -0.3 is 0 Å². The third-order valence-electron chi connectivity index (χ3n) is 1.54. The van der Waals surface area contributed by atoms with E-state index in [0.29, 0.717) is 14.9 Å². The number of hydrogen-bond donors (Lipinski definition) is 1. The third-order valence-corrected chi connectivity index (χ3v) is 4.18. The molecule has 0 saturated carbocycles. The molecule has 0 radical (unpaired) electrons. The number of rotatable bonds is 4. The molecule has 0 spiro atoms. The third kappa shape index (κ3) is 3.60. The van der Waals surface area contributed by atoms with E-state index in [2.05, 4.69) is 4.98 Å². The summed E-state index contributed by atoms with van der Waals surface area (Å²) in [5.74, 6) is 0.109. The van der Waals surface area contributed by atoms with E-state index in [1.165, 1.54) is 18.3 Å². The lowest BCUT2D eigenvalue weighted by atomic mass is 10.3. The zero-order valence-electron chi connectivity index (χ0n) is 8.27. The van der Waals surface area contributed by atoms with Crippen molar-refractivity contribution in [3.63, 3.8) is 0 Å². The number of aryl methyl sites for hydroxylation is 1. The average Bonchev–Trinajstić information content (AvgIpc) is 2.56. The first-order valence-electron chi connectivity index (χ1n) is 4.05. The summed E-state index contributed by atoms with van der Waals surface area (Å²) in [4.78, 5) is 27.1. The Kier molecular flexibility index (Phi) is 4.78. The van der Waals surface area contributed by atoms with Crippen LogP contribution in [0.15, 0.2) is 4.34 Å². The first kappa shape index (κ1) is 12.7. The predicted molar refractivity (Wildman–Crippen MR) is 64.4 cm³/mol. The standard InChI is InChI=1S/C8H10N2O2S3/c1-4-7(14-8(10-4)15-9)6(12)3-13-5(2)11/h3,9H2,1-2H3. The number of ketones is 1. The number of carbonyl (C=O) groups is 2. The number of thiazole rings is 1. The minimum Gasteiger partial charge on any atom is -0.292 e. The summed E-state index contributed by atoms with van der Waals surface area (Å²) in [7, 11) is 0. The van der Waals surface area contributed by atoms with Gasteiger partial charge in [0.2, 0.25) is 0 Å². The molecule has 2 N–H and O–H groups in total. The van der Waals surface area contributed by atoms with Gasteiger partial charge in [0, 0.05) is 6.92 Å². The van der Waals surface area contributed by atoms with Gasteiger partial charge in [-0.25, -0.2) is 4.98 Å². The maximum absolute atomic E-state index is 11.6. The molecule has 0 unspecified atom stereocenters. The molecule has 15 heavy (non-hydrogen) atoms. The summed E-state index contributed by atoms with van der Waals surface area (Å²) in [6.07, 6.45) is 0. The van der Waals surface area contributed by atoms with E-state index in [1.54, 1.807) is 6.92 Å². The highest BCUT2D eigenvalue weighted by atomic mass is 32.2. The van der Waals surface area contributed by atoms with Crippen molar-refractivity contribution in [2.24, 2.45) is 5.14 Å². The minimum absolute atomic E-state index is 0.0565. The van der Waals surface area contributed by atoms with Crippen molar-refractivity contribution < 1.29 is 9.59 Å². The van der Waals surface area contributed by atoms with Crippen LogP contribution in [-0.2, 0) is 4.79 Å². The summed E-state index contributed by atoms with van der Waals surface area (Å²) in [5, 5.41) is 5.29. The van der Waals surface area contributed by atoms with Crippen LogP contribution in [0.3, 0.4) is 0 Å². The van der Waals surface area contributed by atoms with Gasteiger partial charge in [0.15, 0.2) is 15.2 Å². The van der Waals surface area contributed by atoms with Gasteiger partial charge in [-0.3, -0.25) is 14.7 Å².